The van der Waals surface area contributed by atoms with E-state index >= 15 is 0 Å². The molecule has 2 rings (SSSR count). The third-order valence-corrected chi connectivity index (χ3v) is 3.39. The SMILES string of the molecule is CCOc1ccc(C2(N)CCCOC2)cc1OCC. The molecule has 1 unspecified atom stereocenters. The second-order valence-corrected chi connectivity index (χ2v) is 4.84. The van der Waals surface area contributed by atoms with E-state index in [1.54, 1.807) is 0 Å². The summed E-state index contributed by atoms with van der Waals surface area (Å²) in [4.78, 5) is 0. The first-order valence-corrected chi connectivity index (χ1v) is 6.96. The van der Waals surface area contributed by atoms with Gasteiger partial charge in [0.05, 0.1) is 25.4 Å². The van der Waals surface area contributed by atoms with E-state index in [1.165, 1.54) is 0 Å². The molecular formula is C15H23NO3. The minimum absolute atomic E-state index is 0.408. The van der Waals surface area contributed by atoms with Gasteiger partial charge in [0.1, 0.15) is 0 Å². The topological polar surface area (TPSA) is 53.7 Å². The molecule has 106 valence electrons. The zero-order valence-corrected chi connectivity index (χ0v) is 11.8. The number of ether oxygens (including phenoxy) is 3. The van der Waals surface area contributed by atoms with Crippen molar-refractivity contribution in [3.63, 3.8) is 0 Å². The lowest BCUT2D eigenvalue weighted by Crippen LogP contribution is -2.44. The van der Waals surface area contributed by atoms with Gasteiger partial charge in [-0.15, -0.1) is 0 Å². The fourth-order valence-corrected chi connectivity index (χ4v) is 2.40. The summed E-state index contributed by atoms with van der Waals surface area (Å²) in [5.41, 5.74) is 7.09. The summed E-state index contributed by atoms with van der Waals surface area (Å²) in [6, 6.07) is 5.94. The molecule has 0 bridgehead atoms. The van der Waals surface area contributed by atoms with E-state index in [1.807, 2.05) is 32.0 Å². The van der Waals surface area contributed by atoms with Crippen LogP contribution in [0.5, 0.6) is 11.5 Å². The molecule has 1 aliphatic heterocycles. The van der Waals surface area contributed by atoms with Crippen molar-refractivity contribution in [2.45, 2.75) is 32.2 Å². The largest absolute Gasteiger partial charge is 0.490 e. The van der Waals surface area contributed by atoms with Crippen molar-refractivity contribution in [3.05, 3.63) is 23.8 Å². The van der Waals surface area contributed by atoms with Crippen molar-refractivity contribution in [1.29, 1.82) is 0 Å². The van der Waals surface area contributed by atoms with E-state index in [4.69, 9.17) is 19.9 Å². The van der Waals surface area contributed by atoms with Crippen molar-refractivity contribution < 1.29 is 14.2 Å². The van der Waals surface area contributed by atoms with Crippen LogP contribution in [0, 0.1) is 0 Å². The molecule has 1 aromatic rings. The van der Waals surface area contributed by atoms with Gasteiger partial charge in [0, 0.05) is 6.61 Å². The normalized spacial score (nSPS) is 23.1. The Kier molecular flexibility index (Phi) is 4.66. The Morgan fingerprint density at radius 1 is 1.21 bits per heavy atom. The second kappa shape index (κ2) is 6.26. The summed E-state index contributed by atoms with van der Waals surface area (Å²) in [6.07, 6.45) is 1.93. The molecule has 1 saturated heterocycles. The van der Waals surface area contributed by atoms with Crippen LogP contribution in [-0.4, -0.2) is 26.4 Å². The highest BCUT2D eigenvalue weighted by Crippen LogP contribution is 2.35. The third-order valence-electron chi connectivity index (χ3n) is 3.39. The van der Waals surface area contributed by atoms with Gasteiger partial charge in [-0.2, -0.15) is 0 Å². The van der Waals surface area contributed by atoms with Crippen LogP contribution in [0.3, 0.4) is 0 Å². The number of hydrogen-bond donors (Lipinski definition) is 1. The zero-order chi connectivity index (χ0) is 13.7. The summed E-state index contributed by atoms with van der Waals surface area (Å²) < 4.78 is 16.7. The number of hydrogen-bond acceptors (Lipinski definition) is 4. The summed E-state index contributed by atoms with van der Waals surface area (Å²) in [6.45, 7) is 6.52. The van der Waals surface area contributed by atoms with E-state index in [0.717, 1.165) is 36.5 Å². The van der Waals surface area contributed by atoms with Crippen LogP contribution in [-0.2, 0) is 10.3 Å². The summed E-state index contributed by atoms with van der Waals surface area (Å²) in [5.74, 6) is 1.53. The highest BCUT2D eigenvalue weighted by molar-refractivity contribution is 5.45. The predicted octanol–water partition coefficient (Wildman–Crippen LogP) is 2.45. The van der Waals surface area contributed by atoms with E-state index < -0.39 is 5.54 Å². The van der Waals surface area contributed by atoms with Crippen LogP contribution < -0.4 is 15.2 Å². The minimum atomic E-state index is -0.408. The molecule has 1 aliphatic rings. The van der Waals surface area contributed by atoms with E-state index in [-0.39, 0.29) is 0 Å². The van der Waals surface area contributed by atoms with Gasteiger partial charge in [-0.3, -0.25) is 0 Å². The fraction of sp³-hybridized carbons (Fsp3) is 0.600. The van der Waals surface area contributed by atoms with Crippen molar-refractivity contribution in [2.24, 2.45) is 5.73 Å². The predicted molar refractivity (Wildman–Crippen MR) is 74.7 cm³/mol. The molecule has 0 radical (unpaired) electrons. The lowest BCUT2D eigenvalue weighted by molar-refractivity contribution is 0.0365. The third kappa shape index (κ3) is 3.19. The lowest BCUT2D eigenvalue weighted by atomic mass is 9.86. The molecule has 0 aromatic heterocycles. The second-order valence-electron chi connectivity index (χ2n) is 4.84. The summed E-state index contributed by atoms with van der Waals surface area (Å²) >= 11 is 0. The average molecular weight is 265 g/mol. The van der Waals surface area contributed by atoms with Gasteiger partial charge in [0.25, 0.3) is 0 Å². The van der Waals surface area contributed by atoms with E-state index in [9.17, 15) is 0 Å². The Hall–Kier alpha value is -1.26. The Morgan fingerprint density at radius 2 is 1.95 bits per heavy atom. The van der Waals surface area contributed by atoms with Crippen molar-refractivity contribution in [2.75, 3.05) is 26.4 Å². The van der Waals surface area contributed by atoms with Crippen LogP contribution in [0.1, 0.15) is 32.3 Å². The first-order valence-electron chi connectivity index (χ1n) is 6.96. The van der Waals surface area contributed by atoms with Gasteiger partial charge in [-0.1, -0.05) is 6.07 Å². The highest BCUT2D eigenvalue weighted by Gasteiger charge is 2.31. The van der Waals surface area contributed by atoms with Crippen LogP contribution in [0.25, 0.3) is 0 Å². The van der Waals surface area contributed by atoms with Gasteiger partial charge in [-0.25, -0.2) is 0 Å². The van der Waals surface area contributed by atoms with E-state index in [2.05, 4.69) is 0 Å². The van der Waals surface area contributed by atoms with Crippen LogP contribution in [0.2, 0.25) is 0 Å². The molecule has 4 nitrogen and oxygen atoms in total. The van der Waals surface area contributed by atoms with Crippen molar-refractivity contribution >= 4 is 0 Å². The summed E-state index contributed by atoms with van der Waals surface area (Å²) in [7, 11) is 0. The number of benzene rings is 1. The molecule has 1 fully saturated rings. The maximum absolute atomic E-state index is 6.45. The van der Waals surface area contributed by atoms with Gasteiger partial charge in [-0.05, 0) is 44.4 Å². The molecule has 1 atom stereocenters. The lowest BCUT2D eigenvalue weighted by Gasteiger charge is -2.34. The van der Waals surface area contributed by atoms with E-state index in [0.29, 0.717) is 19.8 Å². The quantitative estimate of drug-likeness (QED) is 0.888. The molecule has 1 aromatic carbocycles. The van der Waals surface area contributed by atoms with Crippen molar-refractivity contribution in [1.82, 2.24) is 0 Å². The molecule has 19 heavy (non-hydrogen) atoms. The molecule has 0 amide bonds. The molecule has 0 spiro atoms. The Labute approximate surface area is 114 Å². The minimum Gasteiger partial charge on any atom is -0.490 e. The molecule has 0 saturated carbocycles. The van der Waals surface area contributed by atoms with Gasteiger partial charge in [0.2, 0.25) is 0 Å². The Morgan fingerprint density at radius 3 is 2.58 bits per heavy atom. The monoisotopic (exact) mass is 265 g/mol. The molecule has 1 heterocycles. The highest BCUT2D eigenvalue weighted by atomic mass is 16.5. The average Bonchev–Trinajstić information content (AvgIpc) is 2.42. The van der Waals surface area contributed by atoms with Crippen LogP contribution >= 0.6 is 0 Å². The summed E-state index contributed by atoms with van der Waals surface area (Å²) in [5, 5.41) is 0. The van der Waals surface area contributed by atoms with Crippen molar-refractivity contribution in [3.8, 4) is 11.5 Å². The van der Waals surface area contributed by atoms with Gasteiger partial charge >= 0.3 is 0 Å². The Bertz CT molecular complexity index is 414. The molecular weight excluding hydrogens is 242 g/mol. The smallest absolute Gasteiger partial charge is 0.161 e. The van der Waals surface area contributed by atoms with Gasteiger partial charge in [0.15, 0.2) is 11.5 Å². The van der Waals surface area contributed by atoms with Crippen LogP contribution in [0.15, 0.2) is 18.2 Å². The first kappa shape index (κ1) is 14.2. The molecule has 4 heteroatoms. The van der Waals surface area contributed by atoms with Crippen LogP contribution in [0.4, 0.5) is 0 Å². The number of nitrogens with two attached hydrogens (primary N) is 1. The molecule has 2 N–H and O–H groups in total. The maximum Gasteiger partial charge on any atom is 0.161 e. The fourth-order valence-electron chi connectivity index (χ4n) is 2.40. The maximum atomic E-state index is 6.45. The standard InChI is InChI=1S/C15H23NO3/c1-3-18-13-7-6-12(10-14(13)19-4-2)15(16)8-5-9-17-11-15/h6-7,10H,3-5,8-9,11,16H2,1-2H3. The Balaban J connectivity index is 2.28. The first-order chi connectivity index (χ1) is 9.19. The van der Waals surface area contributed by atoms with Gasteiger partial charge < -0.3 is 19.9 Å². The zero-order valence-electron chi connectivity index (χ0n) is 11.8. The molecule has 0 aliphatic carbocycles. The number of rotatable bonds is 5.